The standard InChI is InChI=1S/C20H26ClFN2O2/c1-4-25-19-11-16(13-23-9-10-24(2)3)18(21)12-20(19)26-14-15-5-7-17(22)8-6-15/h5-8,11-12,23H,4,9-10,13-14H2,1-3H3. The predicted molar refractivity (Wildman–Crippen MR) is 104 cm³/mol. The minimum absolute atomic E-state index is 0.266. The monoisotopic (exact) mass is 380 g/mol. The van der Waals surface area contributed by atoms with Crippen molar-refractivity contribution < 1.29 is 13.9 Å². The van der Waals surface area contributed by atoms with Crippen LogP contribution in [0, 0.1) is 5.82 Å². The van der Waals surface area contributed by atoms with Gasteiger partial charge < -0.3 is 19.7 Å². The molecule has 0 amide bonds. The molecule has 0 aliphatic carbocycles. The van der Waals surface area contributed by atoms with E-state index >= 15 is 0 Å². The third kappa shape index (κ3) is 6.48. The maximum absolute atomic E-state index is 13.0. The van der Waals surface area contributed by atoms with Crippen LogP contribution in [0.4, 0.5) is 4.39 Å². The van der Waals surface area contributed by atoms with Crippen LogP contribution in [0.15, 0.2) is 36.4 Å². The van der Waals surface area contributed by atoms with E-state index < -0.39 is 0 Å². The van der Waals surface area contributed by atoms with Gasteiger partial charge in [-0.3, -0.25) is 0 Å². The van der Waals surface area contributed by atoms with Gasteiger partial charge in [-0.15, -0.1) is 0 Å². The fourth-order valence-electron chi connectivity index (χ4n) is 2.36. The maximum Gasteiger partial charge on any atom is 0.163 e. The molecule has 0 heterocycles. The molecule has 0 unspecified atom stereocenters. The molecule has 0 spiro atoms. The van der Waals surface area contributed by atoms with Gasteiger partial charge in [-0.25, -0.2) is 4.39 Å². The molecule has 2 aromatic carbocycles. The van der Waals surface area contributed by atoms with E-state index in [1.807, 2.05) is 27.1 Å². The number of nitrogens with one attached hydrogen (secondary N) is 1. The van der Waals surface area contributed by atoms with Crippen molar-refractivity contribution in [2.24, 2.45) is 0 Å². The third-order valence-corrected chi connectivity index (χ3v) is 4.12. The minimum Gasteiger partial charge on any atom is -0.490 e. The first kappa shape index (κ1) is 20.5. The SMILES string of the molecule is CCOc1cc(CNCCN(C)C)c(Cl)cc1OCc1ccc(F)cc1. The second-order valence-corrected chi connectivity index (χ2v) is 6.63. The number of halogens is 2. The molecule has 0 bridgehead atoms. The minimum atomic E-state index is -0.266. The average molecular weight is 381 g/mol. The lowest BCUT2D eigenvalue weighted by Gasteiger charge is -2.16. The fourth-order valence-corrected chi connectivity index (χ4v) is 2.58. The Kier molecular flexibility index (Phi) is 8.16. The van der Waals surface area contributed by atoms with Crippen molar-refractivity contribution in [3.8, 4) is 11.5 Å². The summed E-state index contributed by atoms with van der Waals surface area (Å²) in [5.74, 6) is 0.972. The Morgan fingerprint density at radius 1 is 1.08 bits per heavy atom. The number of benzene rings is 2. The quantitative estimate of drug-likeness (QED) is 0.629. The van der Waals surface area contributed by atoms with Crippen molar-refractivity contribution >= 4 is 11.6 Å². The molecular weight excluding hydrogens is 355 g/mol. The summed E-state index contributed by atoms with van der Waals surface area (Å²) in [4.78, 5) is 2.12. The van der Waals surface area contributed by atoms with Crippen LogP contribution in [-0.2, 0) is 13.2 Å². The van der Waals surface area contributed by atoms with E-state index in [-0.39, 0.29) is 5.82 Å². The van der Waals surface area contributed by atoms with E-state index in [0.717, 1.165) is 24.2 Å². The summed E-state index contributed by atoms with van der Waals surface area (Å²) >= 11 is 6.41. The molecule has 2 aromatic rings. The average Bonchev–Trinajstić information content (AvgIpc) is 2.61. The Bertz CT molecular complexity index is 693. The van der Waals surface area contributed by atoms with Crippen LogP contribution in [0.5, 0.6) is 11.5 Å². The van der Waals surface area contributed by atoms with Crippen molar-refractivity contribution in [3.05, 3.63) is 58.4 Å². The fraction of sp³-hybridized carbons (Fsp3) is 0.400. The van der Waals surface area contributed by atoms with Gasteiger partial charge in [-0.05, 0) is 50.3 Å². The van der Waals surface area contributed by atoms with Crippen molar-refractivity contribution in [2.45, 2.75) is 20.1 Å². The van der Waals surface area contributed by atoms with Crippen LogP contribution < -0.4 is 14.8 Å². The van der Waals surface area contributed by atoms with Gasteiger partial charge in [-0.1, -0.05) is 23.7 Å². The normalized spacial score (nSPS) is 11.0. The van der Waals surface area contributed by atoms with Crippen molar-refractivity contribution in [1.82, 2.24) is 10.2 Å². The summed E-state index contributed by atoms with van der Waals surface area (Å²) in [6.45, 7) is 5.25. The molecule has 2 rings (SSSR count). The summed E-state index contributed by atoms with van der Waals surface area (Å²) in [5.41, 5.74) is 1.84. The molecule has 0 aromatic heterocycles. The zero-order valence-electron chi connectivity index (χ0n) is 15.5. The Morgan fingerprint density at radius 2 is 1.77 bits per heavy atom. The molecule has 0 atom stereocenters. The van der Waals surface area contributed by atoms with Crippen LogP contribution in [0.1, 0.15) is 18.1 Å². The molecule has 0 radical (unpaired) electrons. The zero-order chi connectivity index (χ0) is 18.9. The van der Waals surface area contributed by atoms with Gasteiger partial charge in [0.05, 0.1) is 6.61 Å². The van der Waals surface area contributed by atoms with Gasteiger partial charge in [0.1, 0.15) is 12.4 Å². The highest BCUT2D eigenvalue weighted by Gasteiger charge is 2.11. The lowest BCUT2D eigenvalue weighted by molar-refractivity contribution is 0.269. The van der Waals surface area contributed by atoms with Crippen LogP contribution in [0.3, 0.4) is 0 Å². The number of hydrogen-bond acceptors (Lipinski definition) is 4. The Balaban J connectivity index is 2.05. The summed E-state index contributed by atoms with van der Waals surface area (Å²) in [6, 6.07) is 9.91. The van der Waals surface area contributed by atoms with Crippen LogP contribution in [0.2, 0.25) is 5.02 Å². The zero-order valence-corrected chi connectivity index (χ0v) is 16.3. The lowest BCUT2D eigenvalue weighted by atomic mass is 10.2. The van der Waals surface area contributed by atoms with Gasteiger partial charge in [0, 0.05) is 30.7 Å². The van der Waals surface area contributed by atoms with E-state index in [4.69, 9.17) is 21.1 Å². The smallest absolute Gasteiger partial charge is 0.163 e. The number of hydrogen-bond donors (Lipinski definition) is 1. The van der Waals surface area contributed by atoms with Crippen LogP contribution in [-0.4, -0.2) is 38.7 Å². The molecule has 0 fully saturated rings. The Labute approximate surface area is 159 Å². The lowest BCUT2D eigenvalue weighted by Crippen LogP contribution is -2.26. The number of ether oxygens (including phenoxy) is 2. The van der Waals surface area contributed by atoms with Gasteiger partial charge >= 0.3 is 0 Å². The van der Waals surface area contributed by atoms with Crippen LogP contribution >= 0.6 is 11.6 Å². The Morgan fingerprint density at radius 3 is 2.42 bits per heavy atom. The largest absolute Gasteiger partial charge is 0.490 e. The molecule has 142 valence electrons. The third-order valence-electron chi connectivity index (χ3n) is 3.77. The topological polar surface area (TPSA) is 33.7 Å². The molecule has 0 saturated carbocycles. The molecule has 0 aliphatic heterocycles. The molecule has 6 heteroatoms. The highest BCUT2D eigenvalue weighted by atomic mass is 35.5. The van der Waals surface area contributed by atoms with E-state index in [9.17, 15) is 4.39 Å². The van der Waals surface area contributed by atoms with E-state index in [2.05, 4.69) is 10.2 Å². The number of nitrogens with zero attached hydrogens (tertiary/aromatic N) is 1. The second kappa shape index (κ2) is 10.4. The summed E-state index contributed by atoms with van der Waals surface area (Å²) < 4.78 is 24.6. The van der Waals surface area contributed by atoms with Gasteiger partial charge in [0.25, 0.3) is 0 Å². The van der Waals surface area contributed by atoms with Gasteiger partial charge in [0.2, 0.25) is 0 Å². The molecule has 4 nitrogen and oxygen atoms in total. The summed E-state index contributed by atoms with van der Waals surface area (Å²) in [5, 5.41) is 3.99. The summed E-state index contributed by atoms with van der Waals surface area (Å²) in [7, 11) is 4.07. The van der Waals surface area contributed by atoms with Crippen molar-refractivity contribution in [2.75, 3.05) is 33.8 Å². The van der Waals surface area contributed by atoms with E-state index in [0.29, 0.717) is 36.3 Å². The van der Waals surface area contributed by atoms with E-state index in [1.165, 1.54) is 12.1 Å². The molecule has 26 heavy (non-hydrogen) atoms. The first-order chi connectivity index (χ1) is 12.5. The van der Waals surface area contributed by atoms with Crippen LogP contribution in [0.25, 0.3) is 0 Å². The molecule has 1 N–H and O–H groups in total. The second-order valence-electron chi connectivity index (χ2n) is 6.22. The van der Waals surface area contributed by atoms with Crippen molar-refractivity contribution in [1.29, 1.82) is 0 Å². The highest BCUT2D eigenvalue weighted by molar-refractivity contribution is 6.31. The highest BCUT2D eigenvalue weighted by Crippen LogP contribution is 2.34. The first-order valence-corrected chi connectivity index (χ1v) is 9.05. The van der Waals surface area contributed by atoms with Crippen molar-refractivity contribution in [3.63, 3.8) is 0 Å². The summed E-state index contributed by atoms with van der Waals surface area (Å²) in [6.07, 6.45) is 0. The molecule has 0 aliphatic rings. The first-order valence-electron chi connectivity index (χ1n) is 8.67. The van der Waals surface area contributed by atoms with Gasteiger partial charge in [0.15, 0.2) is 11.5 Å². The number of likely N-dealkylation sites (N-methyl/N-ethyl adjacent to an activating group) is 1. The predicted octanol–water partition coefficient (Wildman–Crippen LogP) is 4.11. The van der Waals surface area contributed by atoms with Gasteiger partial charge in [-0.2, -0.15) is 0 Å². The maximum atomic E-state index is 13.0. The number of rotatable bonds is 10. The molecular formula is C20H26ClFN2O2. The Hall–Kier alpha value is -1.82. The van der Waals surface area contributed by atoms with E-state index in [1.54, 1.807) is 18.2 Å². The molecule has 0 saturated heterocycles.